The smallest absolute Gasteiger partial charge is 0.309 e. The van der Waals surface area contributed by atoms with Gasteiger partial charge in [0.2, 0.25) is 0 Å². The van der Waals surface area contributed by atoms with Gasteiger partial charge in [0, 0.05) is 23.7 Å². The second-order valence-corrected chi connectivity index (χ2v) is 9.79. The summed E-state index contributed by atoms with van der Waals surface area (Å²) < 4.78 is 40.5. The maximum absolute atomic E-state index is 12.1. The van der Waals surface area contributed by atoms with E-state index in [4.69, 9.17) is 13.7 Å². The molecule has 4 fully saturated rings. The summed E-state index contributed by atoms with van der Waals surface area (Å²) in [6, 6.07) is 0. The number of carbonyl (C=O) groups is 1. The van der Waals surface area contributed by atoms with E-state index in [-0.39, 0.29) is 46.9 Å². The molecule has 4 aliphatic rings. The predicted molar refractivity (Wildman–Crippen MR) is 81.0 cm³/mol. The third-order valence-corrected chi connectivity index (χ3v) is 7.38. The molecule has 4 rings (SSSR count). The van der Waals surface area contributed by atoms with E-state index >= 15 is 0 Å². The summed E-state index contributed by atoms with van der Waals surface area (Å²) in [5, 5.41) is 0. The highest BCUT2D eigenvalue weighted by molar-refractivity contribution is 7.86. The fourth-order valence-corrected chi connectivity index (χ4v) is 6.24. The van der Waals surface area contributed by atoms with Crippen molar-refractivity contribution in [2.75, 3.05) is 6.26 Å². The minimum Gasteiger partial charge on any atom is -0.461 e. The van der Waals surface area contributed by atoms with Gasteiger partial charge in [0.25, 0.3) is 10.1 Å². The second-order valence-electron chi connectivity index (χ2n) is 8.19. The van der Waals surface area contributed by atoms with Crippen molar-refractivity contribution in [2.45, 2.75) is 63.9 Å². The van der Waals surface area contributed by atoms with Crippen molar-refractivity contribution in [1.82, 2.24) is 0 Å². The summed E-state index contributed by atoms with van der Waals surface area (Å²) in [5.74, 6) is -0.0647. The van der Waals surface area contributed by atoms with Crippen LogP contribution in [0.25, 0.3) is 0 Å². The van der Waals surface area contributed by atoms with Crippen LogP contribution in [0, 0.1) is 23.2 Å². The van der Waals surface area contributed by atoms with Gasteiger partial charge in [-0.15, -0.1) is 0 Å². The van der Waals surface area contributed by atoms with E-state index in [1.165, 1.54) is 0 Å². The lowest BCUT2D eigenvalue weighted by molar-refractivity contribution is -0.159. The molecule has 0 bridgehead atoms. The fourth-order valence-electron chi connectivity index (χ4n) is 5.52. The Hall–Kier alpha value is -0.660. The van der Waals surface area contributed by atoms with Crippen LogP contribution in [0.15, 0.2) is 0 Å². The molecule has 2 aliphatic heterocycles. The van der Waals surface area contributed by atoms with Gasteiger partial charge in [-0.25, -0.2) is 0 Å². The number of rotatable bonds is 2. The number of ether oxygens (including phenoxy) is 2. The van der Waals surface area contributed by atoms with Crippen molar-refractivity contribution in [2.24, 2.45) is 23.2 Å². The molecular weight excluding hydrogens is 320 g/mol. The molecule has 0 amide bonds. The molecule has 0 aromatic heterocycles. The van der Waals surface area contributed by atoms with Crippen LogP contribution in [0.2, 0.25) is 0 Å². The van der Waals surface area contributed by atoms with Crippen molar-refractivity contribution in [3.8, 4) is 0 Å². The quantitative estimate of drug-likeness (QED) is 0.429. The molecule has 8 atom stereocenters. The molecule has 23 heavy (non-hydrogen) atoms. The summed E-state index contributed by atoms with van der Waals surface area (Å²) >= 11 is 0. The summed E-state index contributed by atoms with van der Waals surface area (Å²) in [6.45, 7) is 6.07. The summed E-state index contributed by atoms with van der Waals surface area (Å²) in [5.41, 5.74) is -0.698. The van der Waals surface area contributed by atoms with Gasteiger partial charge in [-0.2, -0.15) is 8.42 Å². The second kappa shape index (κ2) is 4.49. The first-order valence-electron chi connectivity index (χ1n) is 8.33. The van der Waals surface area contributed by atoms with Crippen LogP contribution in [0.5, 0.6) is 0 Å². The minimum absolute atomic E-state index is 0.0133. The van der Waals surface area contributed by atoms with Crippen molar-refractivity contribution in [1.29, 1.82) is 0 Å². The molecule has 0 unspecified atom stereocenters. The van der Waals surface area contributed by atoms with Crippen LogP contribution in [-0.2, 0) is 28.6 Å². The Morgan fingerprint density at radius 1 is 1.30 bits per heavy atom. The first-order valence-corrected chi connectivity index (χ1v) is 10.1. The number of esters is 1. The summed E-state index contributed by atoms with van der Waals surface area (Å²) in [6.07, 6.45) is 2.73. The number of hydrogen-bond donors (Lipinski definition) is 0. The monoisotopic (exact) mass is 344 g/mol. The number of fused-ring (bicyclic) bond motifs is 5. The van der Waals surface area contributed by atoms with Crippen LogP contribution in [0.1, 0.15) is 40.0 Å². The zero-order valence-corrected chi connectivity index (χ0v) is 14.8. The van der Waals surface area contributed by atoms with E-state index in [1.807, 2.05) is 6.92 Å². The number of hydrogen-bond acceptors (Lipinski definition) is 6. The van der Waals surface area contributed by atoms with E-state index in [9.17, 15) is 13.2 Å². The fraction of sp³-hybridized carbons (Fsp3) is 0.938. The lowest BCUT2D eigenvalue weighted by atomic mass is 9.52. The van der Waals surface area contributed by atoms with E-state index in [2.05, 4.69) is 13.8 Å². The lowest BCUT2D eigenvalue weighted by Crippen LogP contribution is -2.60. The van der Waals surface area contributed by atoms with Gasteiger partial charge < -0.3 is 9.47 Å². The highest BCUT2D eigenvalue weighted by Gasteiger charge is 2.74. The van der Waals surface area contributed by atoms with Crippen LogP contribution in [0.3, 0.4) is 0 Å². The molecule has 0 radical (unpaired) electrons. The first kappa shape index (κ1) is 15.8. The van der Waals surface area contributed by atoms with E-state index in [0.29, 0.717) is 6.42 Å². The van der Waals surface area contributed by atoms with Crippen molar-refractivity contribution in [3.05, 3.63) is 0 Å². The summed E-state index contributed by atoms with van der Waals surface area (Å²) in [7, 11) is -3.54. The molecule has 2 heterocycles. The van der Waals surface area contributed by atoms with Gasteiger partial charge in [-0.1, -0.05) is 13.8 Å². The van der Waals surface area contributed by atoms with E-state index in [1.54, 1.807) is 0 Å². The minimum atomic E-state index is -3.54. The highest BCUT2D eigenvalue weighted by Crippen LogP contribution is 2.66. The Bertz CT molecular complexity index is 659. The van der Waals surface area contributed by atoms with Crippen LogP contribution < -0.4 is 0 Å². The lowest BCUT2D eigenvalue weighted by Gasteiger charge is -2.53. The Kier molecular flexibility index (Phi) is 3.09. The van der Waals surface area contributed by atoms with Gasteiger partial charge in [-0.05, 0) is 19.8 Å². The molecule has 0 spiro atoms. The topological polar surface area (TPSA) is 82.2 Å². The van der Waals surface area contributed by atoms with Gasteiger partial charge in [-0.3, -0.25) is 8.98 Å². The third kappa shape index (κ3) is 2.12. The third-order valence-electron chi connectivity index (χ3n) is 6.79. The average molecular weight is 344 g/mol. The van der Waals surface area contributed by atoms with Crippen LogP contribution >= 0.6 is 0 Å². The Labute approximate surface area is 137 Å². The maximum atomic E-state index is 12.1. The van der Waals surface area contributed by atoms with Crippen molar-refractivity contribution in [3.63, 3.8) is 0 Å². The molecule has 130 valence electrons. The van der Waals surface area contributed by atoms with E-state index in [0.717, 1.165) is 19.1 Å². The maximum Gasteiger partial charge on any atom is 0.309 e. The Balaban J connectivity index is 1.73. The molecule has 0 aromatic rings. The van der Waals surface area contributed by atoms with Crippen LogP contribution in [0.4, 0.5) is 0 Å². The largest absolute Gasteiger partial charge is 0.461 e. The Morgan fingerprint density at radius 2 is 2.00 bits per heavy atom. The van der Waals surface area contributed by atoms with Crippen molar-refractivity contribution < 1.29 is 26.9 Å². The number of epoxide rings is 1. The highest BCUT2D eigenvalue weighted by atomic mass is 32.2. The van der Waals surface area contributed by atoms with Gasteiger partial charge in [0.15, 0.2) is 0 Å². The number of carbonyl (C=O) groups excluding carboxylic acids is 1. The van der Waals surface area contributed by atoms with E-state index < -0.39 is 16.2 Å². The molecular formula is C16H24O6S. The summed E-state index contributed by atoms with van der Waals surface area (Å²) in [4.78, 5) is 12.1. The van der Waals surface area contributed by atoms with Crippen molar-refractivity contribution >= 4 is 16.1 Å². The normalized spacial score (nSPS) is 54.7. The Morgan fingerprint density at radius 3 is 2.65 bits per heavy atom. The molecule has 2 saturated heterocycles. The van der Waals surface area contributed by atoms with Gasteiger partial charge in [0.05, 0.1) is 30.0 Å². The predicted octanol–water partition coefficient (Wildman–Crippen LogP) is 1.49. The zero-order chi connectivity index (χ0) is 16.8. The molecule has 6 nitrogen and oxygen atoms in total. The first-order chi connectivity index (χ1) is 10.6. The average Bonchev–Trinajstić information content (AvgIpc) is 2.98. The zero-order valence-electron chi connectivity index (χ0n) is 13.9. The van der Waals surface area contributed by atoms with Crippen LogP contribution in [-0.4, -0.2) is 44.6 Å². The standard InChI is InChI=1S/C16H24O6S/c1-8-9-5-6-15(2)10(22-23(4,18)19)7-11-16(3,21-11)13(15)12(9)20-14(8)17/h8-13H,5-7H2,1-4H3/t8-,9-,10+,11+,12-,13+,15-,16+/m0/s1. The molecule has 0 aromatic carbocycles. The SMILES string of the molecule is C[C@@H]1C(=O)O[C@H]2[C@H]1CC[C@]1(C)[C@@H]2[C@]2(C)O[C@@H]2C[C@H]1OS(C)(=O)=O. The van der Waals surface area contributed by atoms with Gasteiger partial charge >= 0.3 is 5.97 Å². The molecule has 0 N–H and O–H groups in total. The molecule has 7 heteroatoms. The molecule has 2 saturated carbocycles. The van der Waals surface area contributed by atoms with Gasteiger partial charge in [0.1, 0.15) is 6.10 Å². The molecule has 2 aliphatic carbocycles.